The standard InChI is InChI=1S/C26H32FN5OS2/c1-16-15-19-17(11-12-28-24(19)29-16)23-22(30-25(34-23)26(2,3)4)18-9-8-10-20(21(18)27)31-35(5,33)32-13-6-7-14-32/h8-12,15,31,33H,6-7,13-14H2,1-5H3,(H,28,29). The number of rotatable bonds is 5. The molecule has 0 spiro atoms. The van der Waals surface area contributed by atoms with E-state index < -0.39 is 16.5 Å². The molecule has 35 heavy (non-hydrogen) atoms. The highest BCUT2D eigenvalue weighted by molar-refractivity contribution is 8.27. The lowest BCUT2D eigenvalue weighted by molar-refractivity contribution is 0.491. The van der Waals surface area contributed by atoms with Crippen LogP contribution in [0.2, 0.25) is 0 Å². The van der Waals surface area contributed by atoms with Crippen molar-refractivity contribution in [2.24, 2.45) is 0 Å². The fourth-order valence-electron chi connectivity index (χ4n) is 4.47. The molecule has 186 valence electrons. The van der Waals surface area contributed by atoms with Crippen molar-refractivity contribution in [3.8, 4) is 21.7 Å². The molecular weight excluding hydrogens is 481 g/mol. The zero-order valence-corrected chi connectivity index (χ0v) is 22.4. The Balaban J connectivity index is 1.65. The van der Waals surface area contributed by atoms with Crippen LogP contribution in [-0.4, -0.2) is 43.2 Å². The van der Waals surface area contributed by atoms with Gasteiger partial charge in [0.15, 0.2) is 5.82 Å². The summed E-state index contributed by atoms with van der Waals surface area (Å²) in [5.41, 5.74) is 3.95. The van der Waals surface area contributed by atoms with Gasteiger partial charge in [-0.2, -0.15) is 0 Å². The van der Waals surface area contributed by atoms with Crippen LogP contribution >= 0.6 is 22.0 Å². The maximum atomic E-state index is 16.1. The minimum atomic E-state index is -2.33. The van der Waals surface area contributed by atoms with Gasteiger partial charge in [-0.05, 0) is 54.7 Å². The van der Waals surface area contributed by atoms with Crippen LogP contribution in [-0.2, 0) is 5.41 Å². The van der Waals surface area contributed by atoms with Gasteiger partial charge in [0.2, 0.25) is 0 Å². The van der Waals surface area contributed by atoms with Crippen molar-refractivity contribution in [1.29, 1.82) is 0 Å². The Morgan fingerprint density at radius 1 is 1.17 bits per heavy atom. The molecule has 0 amide bonds. The first kappa shape index (κ1) is 24.2. The van der Waals surface area contributed by atoms with Crippen molar-refractivity contribution < 1.29 is 8.94 Å². The van der Waals surface area contributed by atoms with Crippen molar-refractivity contribution in [2.45, 2.75) is 46.0 Å². The van der Waals surface area contributed by atoms with Gasteiger partial charge in [0.05, 0.1) is 21.3 Å². The zero-order valence-electron chi connectivity index (χ0n) is 20.8. The van der Waals surface area contributed by atoms with E-state index in [9.17, 15) is 4.55 Å². The summed E-state index contributed by atoms with van der Waals surface area (Å²) in [4.78, 5) is 13.7. The topological polar surface area (TPSA) is 77.1 Å². The maximum Gasteiger partial charge on any atom is 0.156 e. The van der Waals surface area contributed by atoms with Crippen LogP contribution in [0.5, 0.6) is 0 Å². The largest absolute Gasteiger partial charge is 0.344 e. The number of aryl methyl sites for hydroxylation is 1. The van der Waals surface area contributed by atoms with E-state index in [0.29, 0.717) is 16.9 Å². The van der Waals surface area contributed by atoms with Crippen molar-refractivity contribution in [3.63, 3.8) is 0 Å². The minimum Gasteiger partial charge on any atom is -0.344 e. The number of nitrogens with one attached hydrogen (secondary N) is 2. The van der Waals surface area contributed by atoms with E-state index >= 15 is 4.39 Å². The number of pyridine rings is 1. The van der Waals surface area contributed by atoms with E-state index in [2.05, 4.69) is 41.5 Å². The summed E-state index contributed by atoms with van der Waals surface area (Å²) in [7, 11) is -2.33. The number of halogens is 1. The first-order valence-corrected chi connectivity index (χ1v) is 14.6. The van der Waals surface area contributed by atoms with Crippen LogP contribution < -0.4 is 4.72 Å². The number of nitrogens with zero attached hydrogens (tertiary/aromatic N) is 3. The molecule has 1 fully saturated rings. The van der Waals surface area contributed by atoms with E-state index in [1.54, 1.807) is 35.9 Å². The Morgan fingerprint density at radius 3 is 2.63 bits per heavy atom. The van der Waals surface area contributed by atoms with Crippen LogP contribution in [0.3, 0.4) is 0 Å². The van der Waals surface area contributed by atoms with Crippen molar-refractivity contribution in [2.75, 3.05) is 24.1 Å². The van der Waals surface area contributed by atoms with Crippen molar-refractivity contribution in [3.05, 3.63) is 53.0 Å². The average molecular weight is 514 g/mol. The summed E-state index contributed by atoms with van der Waals surface area (Å²) in [5.74, 6) is -0.401. The van der Waals surface area contributed by atoms with Crippen LogP contribution in [0.15, 0.2) is 36.5 Å². The van der Waals surface area contributed by atoms with E-state index in [1.165, 1.54) is 0 Å². The molecule has 5 rings (SSSR count). The number of H-pyrrole nitrogens is 1. The molecule has 4 aromatic rings. The number of benzene rings is 1. The van der Waals surface area contributed by atoms with Crippen LogP contribution in [0.4, 0.5) is 10.1 Å². The van der Waals surface area contributed by atoms with Gasteiger partial charge < -0.3 is 14.3 Å². The monoisotopic (exact) mass is 513 g/mol. The molecule has 1 aromatic carbocycles. The summed E-state index contributed by atoms with van der Waals surface area (Å²) in [6, 6.07) is 9.33. The van der Waals surface area contributed by atoms with Gasteiger partial charge in [0.25, 0.3) is 0 Å². The van der Waals surface area contributed by atoms with Gasteiger partial charge in [-0.25, -0.2) is 18.7 Å². The fourth-order valence-corrected chi connectivity index (χ4v) is 7.32. The second kappa shape index (κ2) is 8.89. The van der Waals surface area contributed by atoms with Crippen molar-refractivity contribution in [1.82, 2.24) is 19.3 Å². The second-order valence-electron chi connectivity index (χ2n) is 10.3. The smallest absolute Gasteiger partial charge is 0.156 e. The Bertz CT molecular complexity index is 1380. The lowest BCUT2D eigenvalue weighted by atomic mass is 9.98. The molecule has 1 unspecified atom stereocenters. The van der Waals surface area contributed by atoms with Gasteiger partial charge in [-0.3, -0.25) is 0 Å². The molecular formula is C26H32FN5OS2. The summed E-state index contributed by atoms with van der Waals surface area (Å²) in [6.45, 7) is 9.99. The Morgan fingerprint density at radius 2 is 1.91 bits per heavy atom. The number of hydrogen-bond donors (Lipinski definition) is 3. The predicted octanol–water partition coefficient (Wildman–Crippen LogP) is 7.34. The maximum absolute atomic E-state index is 16.1. The fraction of sp³-hybridized carbons (Fsp3) is 0.385. The first-order chi connectivity index (χ1) is 16.5. The number of anilines is 1. The molecule has 3 aromatic heterocycles. The molecule has 1 aliphatic heterocycles. The molecule has 0 bridgehead atoms. The quantitative estimate of drug-likeness (QED) is 0.260. The van der Waals surface area contributed by atoms with Crippen LogP contribution in [0.25, 0.3) is 32.7 Å². The normalized spacial score (nSPS) is 17.6. The molecule has 0 radical (unpaired) electrons. The number of thiazole rings is 1. The van der Waals surface area contributed by atoms with Crippen LogP contribution in [0, 0.1) is 12.7 Å². The van der Waals surface area contributed by atoms with E-state index in [1.807, 2.05) is 23.4 Å². The van der Waals surface area contributed by atoms with E-state index in [4.69, 9.17) is 4.98 Å². The first-order valence-electron chi connectivity index (χ1n) is 11.8. The molecule has 4 heterocycles. The summed E-state index contributed by atoms with van der Waals surface area (Å²) in [6.07, 6.45) is 5.63. The Kier molecular flexibility index (Phi) is 6.15. The third-order valence-corrected chi connectivity index (χ3v) is 9.80. The van der Waals surface area contributed by atoms with Gasteiger partial charge in [-0.15, -0.1) is 11.3 Å². The number of aromatic amines is 1. The van der Waals surface area contributed by atoms with E-state index in [0.717, 1.165) is 58.1 Å². The van der Waals surface area contributed by atoms with Crippen LogP contribution in [0.1, 0.15) is 44.3 Å². The molecule has 0 aliphatic carbocycles. The molecule has 1 aliphatic rings. The molecule has 9 heteroatoms. The molecule has 3 N–H and O–H groups in total. The summed E-state index contributed by atoms with van der Waals surface area (Å²) < 4.78 is 32.3. The zero-order chi connectivity index (χ0) is 25.0. The average Bonchev–Trinajstić information content (AvgIpc) is 3.53. The Labute approximate surface area is 211 Å². The van der Waals surface area contributed by atoms with Crippen molar-refractivity contribution >= 4 is 38.7 Å². The van der Waals surface area contributed by atoms with Gasteiger partial charge in [-0.1, -0.05) is 26.8 Å². The summed E-state index contributed by atoms with van der Waals surface area (Å²) in [5, 5.41) is 1.93. The highest BCUT2D eigenvalue weighted by Crippen LogP contribution is 2.48. The third-order valence-electron chi connectivity index (χ3n) is 6.30. The summed E-state index contributed by atoms with van der Waals surface area (Å²) >= 11 is 1.59. The Hall–Kier alpha value is -2.46. The minimum absolute atomic E-state index is 0.187. The molecule has 6 nitrogen and oxygen atoms in total. The number of fused-ring (bicyclic) bond motifs is 1. The highest BCUT2D eigenvalue weighted by atomic mass is 32.3. The predicted molar refractivity (Wildman–Crippen MR) is 147 cm³/mol. The van der Waals surface area contributed by atoms with Gasteiger partial charge >= 0.3 is 0 Å². The number of hydrogen-bond acceptors (Lipinski definition) is 6. The lowest BCUT2D eigenvalue weighted by Crippen LogP contribution is -2.29. The highest BCUT2D eigenvalue weighted by Gasteiger charge is 2.30. The van der Waals surface area contributed by atoms with Gasteiger partial charge in [0.1, 0.15) is 5.65 Å². The molecule has 0 saturated carbocycles. The molecule has 1 atom stereocenters. The molecule has 1 saturated heterocycles. The lowest BCUT2D eigenvalue weighted by Gasteiger charge is -2.39. The van der Waals surface area contributed by atoms with E-state index in [-0.39, 0.29) is 5.41 Å². The van der Waals surface area contributed by atoms with Gasteiger partial charge in [0, 0.05) is 53.2 Å². The third kappa shape index (κ3) is 4.58. The number of aromatic nitrogens is 3. The SMILES string of the molecule is Cc1cc2c(-c3sc(C(C)(C)C)nc3-c3cccc(NS(C)(O)N4CCCC4)c3F)ccnc2[nH]1. The second-order valence-corrected chi connectivity index (χ2v) is 13.6.